The van der Waals surface area contributed by atoms with Crippen molar-refractivity contribution in [2.75, 3.05) is 0 Å². The quantitative estimate of drug-likeness (QED) is 0.173. The zero-order valence-corrected chi connectivity index (χ0v) is 38.0. The van der Waals surface area contributed by atoms with Gasteiger partial charge in [0.05, 0.1) is 78.8 Å². The summed E-state index contributed by atoms with van der Waals surface area (Å²) in [6.07, 6.45) is -4.95. The Kier molecular flexibility index (Phi) is 8.77. The molecule has 14 aromatic rings. The Labute approximate surface area is 408 Å². The highest BCUT2D eigenvalue weighted by molar-refractivity contribution is 6.25. The Morgan fingerprint density at radius 3 is 0.972 bits per heavy atom. The summed E-state index contributed by atoms with van der Waals surface area (Å²) in [6, 6.07) is 71.8. The van der Waals surface area contributed by atoms with E-state index in [1.54, 1.807) is 33.4 Å². The van der Waals surface area contributed by atoms with Gasteiger partial charge in [-0.3, -0.25) is 0 Å². The molecule has 0 aliphatic heterocycles. The van der Waals surface area contributed by atoms with Crippen molar-refractivity contribution in [1.82, 2.24) is 18.3 Å². The maximum Gasteiger partial charge on any atom is 0.420 e. The number of hydrogen-bond acceptors (Lipinski definition) is 2. The van der Waals surface area contributed by atoms with E-state index in [1.807, 2.05) is 158 Å². The lowest BCUT2D eigenvalue weighted by atomic mass is 9.96. The van der Waals surface area contributed by atoms with Crippen molar-refractivity contribution < 1.29 is 13.2 Å². The first kappa shape index (κ1) is 41.2. The van der Waals surface area contributed by atoms with E-state index in [-0.39, 0.29) is 22.5 Å². The molecule has 10 aromatic carbocycles. The molecule has 0 saturated carbocycles. The van der Waals surface area contributed by atoms with E-state index in [2.05, 4.69) is 45.5 Å². The van der Waals surface area contributed by atoms with Gasteiger partial charge in [-0.25, -0.2) is 0 Å². The van der Waals surface area contributed by atoms with Crippen LogP contribution in [-0.2, 0) is 6.18 Å². The summed E-state index contributed by atoms with van der Waals surface area (Å²) >= 11 is 0. The second-order valence-electron chi connectivity index (χ2n) is 18.2. The predicted molar refractivity (Wildman–Crippen MR) is 284 cm³/mol. The zero-order chi connectivity index (χ0) is 48.4. The molecule has 0 unspecified atom stereocenters. The number of benzene rings is 10. The molecular weight excluding hydrogens is 898 g/mol. The van der Waals surface area contributed by atoms with Crippen molar-refractivity contribution in [3.8, 4) is 46.0 Å². The molecule has 0 aliphatic carbocycles. The predicted octanol–water partition coefficient (Wildman–Crippen LogP) is 16.5. The Hall–Kier alpha value is -9.83. The molecule has 0 aliphatic rings. The number of nitriles is 2. The molecule has 338 valence electrons. The van der Waals surface area contributed by atoms with Gasteiger partial charge in [0.15, 0.2) is 0 Å². The lowest BCUT2D eigenvalue weighted by Gasteiger charge is -2.24. The van der Waals surface area contributed by atoms with Gasteiger partial charge in [0.1, 0.15) is 5.56 Å². The minimum Gasteiger partial charge on any atom is -0.307 e. The van der Waals surface area contributed by atoms with E-state index in [4.69, 9.17) is 0 Å². The van der Waals surface area contributed by atoms with Crippen LogP contribution in [0.2, 0.25) is 0 Å². The third kappa shape index (κ3) is 5.83. The lowest BCUT2D eigenvalue weighted by Crippen LogP contribution is -2.16. The van der Waals surface area contributed by atoms with Gasteiger partial charge >= 0.3 is 6.18 Å². The maximum atomic E-state index is 17.4. The fraction of sp³-hybridized carbons (Fsp3) is 0.0159. The first-order chi connectivity index (χ1) is 35.3. The standard InChI is InChI=1S/C63H35F3N6/c64-63(65,66)58-56(71-54-25-13-9-21-46(54)50-29-27-48-44-19-7-11-23-52(44)69(59(48)61(50)71)42-15-3-1-4-16-42)34-41(40-32-38(36-67)31-39(33-40)37-68)35-57(58)72-55-26-14-10-22-47(55)51-30-28-49-45-20-8-12-24-53(45)70(60(49)62(51)72)43-17-5-2-6-18-43/h1-35H. The van der Waals surface area contributed by atoms with E-state index in [0.717, 1.165) is 76.5 Å². The summed E-state index contributed by atoms with van der Waals surface area (Å²) in [5, 5.41) is 27.4. The summed E-state index contributed by atoms with van der Waals surface area (Å²) in [7, 11) is 0. The summed E-state index contributed by atoms with van der Waals surface area (Å²) in [4.78, 5) is 0. The van der Waals surface area contributed by atoms with Crippen LogP contribution in [0, 0.1) is 22.7 Å². The molecule has 0 atom stereocenters. The Morgan fingerprint density at radius 1 is 0.319 bits per heavy atom. The summed E-state index contributed by atoms with van der Waals surface area (Å²) < 4.78 is 60.1. The van der Waals surface area contributed by atoms with Crippen LogP contribution < -0.4 is 0 Å². The van der Waals surface area contributed by atoms with Crippen molar-refractivity contribution in [3.05, 3.63) is 229 Å². The smallest absolute Gasteiger partial charge is 0.307 e. The summed E-state index contributed by atoms with van der Waals surface area (Å²) in [5.74, 6) is 0. The Morgan fingerprint density at radius 2 is 0.625 bits per heavy atom. The highest BCUT2D eigenvalue weighted by Crippen LogP contribution is 2.50. The average Bonchev–Trinajstić information content (AvgIpc) is 4.16. The number of aromatic nitrogens is 4. The van der Waals surface area contributed by atoms with Crippen molar-refractivity contribution in [1.29, 1.82) is 10.5 Å². The first-order valence-corrected chi connectivity index (χ1v) is 23.5. The van der Waals surface area contributed by atoms with E-state index < -0.39 is 11.7 Å². The summed E-state index contributed by atoms with van der Waals surface area (Å²) in [5.41, 5.74) is 7.57. The molecule has 14 rings (SSSR count). The molecule has 0 saturated heterocycles. The van der Waals surface area contributed by atoms with Crippen LogP contribution in [0.1, 0.15) is 16.7 Å². The highest BCUT2D eigenvalue weighted by Gasteiger charge is 2.40. The van der Waals surface area contributed by atoms with Crippen LogP contribution in [0.3, 0.4) is 0 Å². The third-order valence-corrected chi connectivity index (χ3v) is 14.4. The molecule has 6 nitrogen and oxygen atoms in total. The van der Waals surface area contributed by atoms with E-state index >= 15 is 13.2 Å². The van der Waals surface area contributed by atoms with Gasteiger partial charge in [0, 0.05) is 54.5 Å². The number of rotatable bonds is 5. The lowest BCUT2D eigenvalue weighted by molar-refractivity contribution is -0.137. The topological polar surface area (TPSA) is 67.3 Å². The van der Waals surface area contributed by atoms with Gasteiger partial charge in [0.25, 0.3) is 0 Å². The molecule has 4 heterocycles. The largest absolute Gasteiger partial charge is 0.420 e. The van der Waals surface area contributed by atoms with Crippen molar-refractivity contribution in [3.63, 3.8) is 0 Å². The second kappa shape index (κ2) is 15.3. The molecule has 72 heavy (non-hydrogen) atoms. The van der Waals surface area contributed by atoms with Gasteiger partial charge in [-0.1, -0.05) is 133 Å². The van der Waals surface area contributed by atoms with Gasteiger partial charge in [-0.05, 0) is 90.0 Å². The average molecular weight is 933 g/mol. The van der Waals surface area contributed by atoms with Crippen molar-refractivity contribution in [2.24, 2.45) is 0 Å². The molecule has 0 bridgehead atoms. The number of hydrogen-bond donors (Lipinski definition) is 0. The normalized spacial score (nSPS) is 12.1. The molecule has 4 aromatic heterocycles. The van der Waals surface area contributed by atoms with Crippen LogP contribution in [0.25, 0.3) is 121 Å². The number of fused-ring (bicyclic) bond motifs is 14. The Balaban J connectivity index is 1.24. The van der Waals surface area contributed by atoms with Crippen LogP contribution in [0.4, 0.5) is 13.2 Å². The van der Waals surface area contributed by atoms with E-state index in [1.165, 1.54) is 6.07 Å². The number of nitrogens with zero attached hydrogens (tertiary/aromatic N) is 6. The zero-order valence-electron chi connectivity index (χ0n) is 38.0. The molecule has 0 radical (unpaired) electrons. The molecular formula is C63H35F3N6. The maximum absolute atomic E-state index is 17.4. The van der Waals surface area contributed by atoms with E-state index in [9.17, 15) is 10.5 Å². The minimum atomic E-state index is -4.95. The van der Waals surface area contributed by atoms with Gasteiger partial charge in [-0.2, -0.15) is 23.7 Å². The van der Waals surface area contributed by atoms with Crippen LogP contribution in [0.5, 0.6) is 0 Å². The van der Waals surface area contributed by atoms with Gasteiger partial charge in [0.2, 0.25) is 0 Å². The molecule has 0 amide bonds. The molecule has 9 heteroatoms. The number of para-hydroxylation sites is 6. The third-order valence-electron chi connectivity index (χ3n) is 14.4. The van der Waals surface area contributed by atoms with E-state index in [0.29, 0.717) is 33.2 Å². The van der Waals surface area contributed by atoms with Crippen LogP contribution >= 0.6 is 0 Å². The van der Waals surface area contributed by atoms with Crippen LogP contribution in [-0.4, -0.2) is 18.3 Å². The van der Waals surface area contributed by atoms with Crippen LogP contribution in [0.15, 0.2) is 212 Å². The number of halogens is 3. The monoisotopic (exact) mass is 932 g/mol. The molecule has 0 N–H and O–H groups in total. The SMILES string of the molecule is N#Cc1cc(C#N)cc(-c2cc(-n3c4ccccc4c4ccc5c6ccccc6n(-c6ccccc6)c5c43)c(C(F)(F)F)c(-n3c4ccccc4c4ccc5c6ccccc6n(-c6ccccc6)c5c43)c2)c1. The fourth-order valence-corrected chi connectivity index (χ4v) is 11.5. The van der Waals surface area contributed by atoms with Crippen molar-refractivity contribution >= 4 is 87.2 Å². The Bertz CT molecular complexity index is 4410. The minimum absolute atomic E-state index is 0.110. The summed E-state index contributed by atoms with van der Waals surface area (Å²) in [6.45, 7) is 0. The second-order valence-corrected chi connectivity index (χ2v) is 18.2. The number of alkyl halides is 3. The molecule has 0 spiro atoms. The first-order valence-electron chi connectivity index (χ1n) is 23.5. The van der Waals surface area contributed by atoms with Crippen molar-refractivity contribution in [2.45, 2.75) is 6.18 Å². The van der Waals surface area contributed by atoms with Gasteiger partial charge < -0.3 is 18.3 Å². The fourth-order valence-electron chi connectivity index (χ4n) is 11.5. The molecule has 0 fully saturated rings. The van der Waals surface area contributed by atoms with Gasteiger partial charge in [-0.15, -0.1) is 0 Å². The highest BCUT2D eigenvalue weighted by atomic mass is 19.4.